The van der Waals surface area contributed by atoms with Crippen LogP contribution in [-0.4, -0.2) is 40.5 Å². The Labute approximate surface area is 170 Å². The summed E-state index contributed by atoms with van der Waals surface area (Å²) in [7, 11) is 2.20. The van der Waals surface area contributed by atoms with Crippen LogP contribution in [0.5, 0.6) is 5.75 Å². The molecule has 0 radical (unpaired) electrons. The standard InChI is InChI=1S/C20H22ClN3O2.ClH/c1-23-14-4-5-15(23)10-13(9-14)22-20(25)17-7-12(21)8-18-19(17)26-11-16-3-2-6-24(16)18;/h2-3,6-8,13-15H,4-5,9-11H2,1H3,(H,22,25);1H. The van der Waals surface area contributed by atoms with Gasteiger partial charge in [-0.2, -0.15) is 0 Å². The van der Waals surface area contributed by atoms with Gasteiger partial charge in [-0.05, 0) is 57.0 Å². The van der Waals surface area contributed by atoms with Crippen molar-refractivity contribution in [1.29, 1.82) is 0 Å². The van der Waals surface area contributed by atoms with Crippen molar-refractivity contribution in [2.45, 2.75) is 50.4 Å². The van der Waals surface area contributed by atoms with E-state index in [1.165, 1.54) is 12.8 Å². The zero-order valence-electron chi connectivity index (χ0n) is 15.2. The summed E-state index contributed by atoms with van der Waals surface area (Å²) in [5, 5.41) is 3.78. The number of rotatable bonds is 2. The Morgan fingerprint density at radius 2 is 2.00 bits per heavy atom. The first-order chi connectivity index (χ1) is 12.6. The van der Waals surface area contributed by atoms with E-state index in [-0.39, 0.29) is 24.4 Å². The third-order valence-electron chi connectivity index (χ3n) is 6.17. The number of carbonyl (C=O) groups excluding carboxylic acids is 1. The van der Waals surface area contributed by atoms with E-state index in [1.54, 1.807) is 6.07 Å². The quantitative estimate of drug-likeness (QED) is 0.823. The molecule has 3 aliphatic rings. The summed E-state index contributed by atoms with van der Waals surface area (Å²) in [4.78, 5) is 15.5. The van der Waals surface area contributed by atoms with Crippen LogP contribution in [0.15, 0.2) is 30.5 Å². The molecule has 5 rings (SSSR count). The lowest BCUT2D eigenvalue weighted by molar-refractivity contribution is 0.0877. The van der Waals surface area contributed by atoms with Crippen LogP contribution >= 0.6 is 24.0 Å². The van der Waals surface area contributed by atoms with Crippen molar-refractivity contribution < 1.29 is 9.53 Å². The van der Waals surface area contributed by atoms with Gasteiger partial charge in [-0.15, -0.1) is 12.4 Å². The van der Waals surface area contributed by atoms with Crippen molar-refractivity contribution in [3.05, 3.63) is 46.7 Å². The first kappa shape index (κ1) is 18.7. The lowest BCUT2D eigenvalue weighted by Crippen LogP contribution is -2.48. The summed E-state index contributed by atoms with van der Waals surface area (Å²) >= 11 is 6.32. The van der Waals surface area contributed by atoms with E-state index < -0.39 is 0 Å². The molecule has 2 fully saturated rings. The summed E-state index contributed by atoms with van der Waals surface area (Å²) in [6.45, 7) is 0.459. The smallest absolute Gasteiger partial charge is 0.255 e. The molecule has 144 valence electrons. The zero-order valence-corrected chi connectivity index (χ0v) is 16.7. The topological polar surface area (TPSA) is 46.5 Å². The van der Waals surface area contributed by atoms with E-state index in [4.69, 9.17) is 16.3 Å². The molecule has 1 amide bonds. The van der Waals surface area contributed by atoms with E-state index in [0.29, 0.717) is 35.0 Å². The van der Waals surface area contributed by atoms with Crippen LogP contribution in [0.1, 0.15) is 41.7 Å². The lowest BCUT2D eigenvalue weighted by atomic mass is 9.97. The molecule has 2 aromatic rings. The molecule has 2 saturated heterocycles. The molecule has 2 atom stereocenters. The first-order valence-corrected chi connectivity index (χ1v) is 9.63. The number of nitrogens with one attached hydrogen (secondary N) is 1. The van der Waals surface area contributed by atoms with Gasteiger partial charge in [0.05, 0.1) is 16.9 Å². The Hall–Kier alpha value is -1.69. The predicted octanol–water partition coefficient (Wildman–Crippen LogP) is 3.80. The molecule has 1 aromatic heterocycles. The number of amides is 1. The maximum atomic E-state index is 13.0. The van der Waals surface area contributed by atoms with Crippen LogP contribution < -0.4 is 10.1 Å². The average molecular weight is 408 g/mol. The number of hydrogen-bond donors (Lipinski definition) is 1. The molecule has 0 aliphatic carbocycles. The maximum absolute atomic E-state index is 13.0. The van der Waals surface area contributed by atoms with Crippen molar-refractivity contribution in [3.63, 3.8) is 0 Å². The Bertz CT molecular complexity index is 868. The second-order valence-corrected chi connectivity index (χ2v) is 8.09. The van der Waals surface area contributed by atoms with Crippen LogP contribution in [0, 0.1) is 0 Å². The van der Waals surface area contributed by atoms with Crippen LogP contribution in [-0.2, 0) is 6.61 Å². The summed E-state index contributed by atoms with van der Waals surface area (Å²) in [6.07, 6.45) is 6.48. The fraction of sp³-hybridized carbons (Fsp3) is 0.450. The zero-order chi connectivity index (χ0) is 17.8. The van der Waals surface area contributed by atoms with Crippen molar-refractivity contribution in [1.82, 2.24) is 14.8 Å². The Balaban J connectivity index is 0.00000180. The van der Waals surface area contributed by atoms with Gasteiger partial charge in [0.15, 0.2) is 5.75 Å². The van der Waals surface area contributed by atoms with Crippen LogP contribution in [0.4, 0.5) is 0 Å². The highest BCUT2D eigenvalue weighted by atomic mass is 35.5. The van der Waals surface area contributed by atoms with Gasteiger partial charge in [-0.25, -0.2) is 0 Å². The summed E-state index contributed by atoms with van der Waals surface area (Å²) in [6, 6.07) is 8.95. The molecular weight excluding hydrogens is 385 g/mol. The number of nitrogens with zero attached hydrogens (tertiary/aromatic N) is 2. The highest BCUT2D eigenvalue weighted by molar-refractivity contribution is 6.31. The maximum Gasteiger partial charge on any atom is 0.255 e. The second kappa shape index (κ2) is 7.04. The van der Waals surface area contributed by atoms with Gasteiger partial charge in [-0.3, -0.25) is 4.79 Å². The molecule has 2 bridgehead atoms. The molecule has 5 nitrogen and oxygen atoms in total. The Kier molecular flexibility index (Phi) is 4.87. The van der Waals surface area contributed by atoms with E-state index in [0.717, 1.165) is 24.2 Å². The first-order valence-electron chi connectivity index (χ1n) is 9.26. The van der Waals surface area contributed by atoms with Gasteiger partial charge < -0.3 is 19.5 Å². The van der Waals surface area contributed by atoms with E-state index in [9.17, 15) is 4.79 Å². The molecule has 3 aliphatic heterocycles. The van der Waals surface area contributed by atoms with Gasteiger partial charge in [0, 0.05) is 29.3 Å². The molecule has 0 saturated carbocycles. The van der Waals surface area contributed by atoms with E-state index in [2.05, 4.69) is 17.3 Å². The summed E-state index contributed by atoms with van der Waals surface area (Å²) < 4.78 is 7.97. The summed E-state index contributed by atoms with van der Waals surface area (Å²) in [5.74, 6) is 0.528. The van der Waals surface area contributed by atoms with Gasteiger partial charge in [0.2, 0.25) is 0 Å². The van der Waals surface area contributed by atoms with Gasteiger partial charge in [-0.1, -0.05) is 11.6 Å². The third kappa shape index (κ3) is 3.12. The number of aromatic nitrogens is 1. The molecule has 2 unspecified atom stereocenters. The van der Waals surface area contributed by atoms with Gasteiger partial charge in [0.1, 0.15) is 6.61 Å². The molecule has 27 heavy (non-hydrogen) atoms. The largest absolute Gasteiger partial charge is 0.484 e. The minimum atomic E-state index is -0.0895. The highest BCUT2D eigenvalue weighted by Crippen LogP contribution is 2.37. The van der Waals surface area contributed by atoms with E-state index in [1.807, 2.05) is 29.0 Å². The van der Waals surface area contributed by atoms with Crippen molar-refractivity contribution in [3.8, 4) is 11.4 Å². The molecule has 4 heterocycles. The number of benzene rings is 1. The molecule has 0 spiro atoms. The minimum Gasteiger partial charge on any atom is -0.484 e. The number of halogens is 2. The van der Waals surface area contributed by atoms with Crippen LogP contribution in [0.2, 0.25) is 5.02 Å². The lowest BCUT2D eigenvalue weighted by Gasteiger charge is -2.36. The second-order valence-electron chi connectivity index (χ2n) is 7.65. The number of carbonyl (C=O) groups is 1. The summed E-state index contributed by atoms with van der Waals surface area (Å²) in [5.41, 5.74) is 2.41. The van der Waals surface area contributed by atoms with Crippen molar-refractivity contribution >= 4 is 29.9 Å². The third-order valence-corrected chi connectivity index (χ3v) is 6.39. The van der Waals surface area contributed by atoms with Crippen LogP contribution in [0.3, 0.4) is 0 Å². The molecule has 1 aromatic carbocycles. The normalized spacial score (nSPS) is 25.8. The number of ether oxygens (including phenoxy) is 1. The number of hydrogen-bond acceptors (Lipinski definition) is 3. The van der Waals surface area contributed by atoms with Crippen molar-refractivity contribution in [2.75, 3.05) is 7.05 Å². The fourth-order valence-electron chi connectivity index (χ4n) is 4.79. The van der Waals surface area contributed by atoms with Gasteiger partial charge >= 0.3 is 0 Å². The fourth-order valence-corrected chi connectivity index (χ4v) is 5.00. The van der Waals surface area contributed by atoms with Gasteiger partial charge in [0.25, 0.3) is 5.91 Å². The van der Waals surface area contributed by atoms with Crippen molar-refractivity contribution in [2.24, 2.45) is 0 Å². The average Bonchev–Trinajstić information content (AvgIpc) is 3.16. The Morgan fingerprint density at radius 1 is 1.26 bits per heavy atom. The minimum absolute atomic E-state index is 0. The van der Waals surface area contributed by atoms with E-state index >= 15 is 0 Å². The predicted molar refractivity (Wildman–Crippen MR) is 107 cm³/mol. The monoisotopic (exact) mass is 407 g/mol. The van der Waals surface area contributed by atoms with Crippen LogP contribution in [0.25, 0.3) is 5.69 Å². The molecular formula is C20H23Cl2N3O2. The Morgan fingerprint density at radius 3 is 2.74 bits per heavy atom. The number of fused-ring (bicyclic) bond motifs is 5. The molecule has 1 N–H and O–H groups in total. The number of piperidine rings is 1. The molecule has 7 heteroatoms. The highest BCUT2D eigenvalue weighted by Gasteiger charge is 2.39. The SMILES string of the molecule is CN1C2CCC1CC(NC(=O)c1cc(Cl)cc3c1OCc1cccn1-3)C2.Cl.